The number of H-pyrrole nitrogens is 1. The molecule has 0 radical (unpaired) electrons. The van der Waals surface area contributed by atoms with E-state index in [1.165, 1.54) is 38.5 Å². The van der Waals surface area contributed by atoms with Gasteiger partial charge in [0.1, 0.15) is 5.82 Å². The van der Waals surface area contributed by atoms with Crippen LogP contribution in [0, 0.1) is 5.92 Å². The van der Waals surface area contributed by atoms with Gasteiger partial charge in [-0.25, -0.2) is 4.98 Å². The Morgan fingerprint density at radius 3 is 2.80 bits per heavy atom. The number of unbranched alkanes of at least 4 members (excludes halogenated alkanes) is 5. The van der Waals surface area contributed by atoms with E-state index >= 15 is 0 Å². The van der Waals surface area contributed by atoms with Crippen molar-refractivity contribution in [3.63, 3.8) is 0 Å². The second-order valence-corrected chi connectivity index (χ2v) is 5.90. The minimum absolute atomic E-state index is 0.232. The monoisotopic (exact) mass is 278 g/mol. The summed E-state index contributed by atoms with van der Waals surface area (Å²) in [6, 6.07) is 0. The Balaban J connectivity index is 1.76. The standard InChI is InChI=1S/C16H26N2O2/c1-2-3-4-5-6-7-8-15-17-13-10-9-12(16(19)20)11-14(13)18-15/h12H,2-11H2,1H3,(H,17,18)(H,19,20). The average molecular weight is 278 g/mol. The molecule has 20 heavy (non-hydrogen) atoms. The maximum Gasteiger partial charge on any atom is 0.306 e. The van der Waals surface area contributed by atoms with Crippen LogP contribution in [0.5, 0.6) is 0 Å². The lowest BCUT2D eigenvalue weighted by Crippen LogP contribution is -2.22. The highest BCUT2D eigenvalue weighted by atomic mass is 16.4. The number of hydrogen-bond acceptors (Lipinski definition) is 2. The van der Waals surface area contributed by atoms with Crippen LogP contribution in [0.15, 0.2) is 0 Å². The van der Waals surface area contributed by atoms with Gasteiger partial charge in [-0.05, 0) is 19.3 Å². The predicted molar refractivity (Wildman–Crippen MR) is 78.8 cm³/mol. The summed E-state index contributed by atoms with van der Waals surface area (Å²) in [7, 11) is 0. The van der Waals surface area contributed by atoms with Crippen molar-refractivity contribution in [3.05, 3.63) is 17.2 Å². The Labute approximate surface area is 121 Å². The highest BCUT2D eigenvalue weighted by molar-refractivity contribution is 5.70. The number of carbonyl (C=O) groups is 1. The largest absolute Gasteiger partial charge is 0.481 e. The second-order valence-electron chi connectivity index (χ2n) is 5.90. The Bertz CT molecular complexity index is 440. The topological polar surface area (TPSA) is 66.0 Å². The lowest BCUT2D eigenvalue weighted by Gasteiger charge is -2.16. The number of aromatic nitrogens is 2. The molecule has 0 saturated heterocycles. The summed E-state index contributed by atoms with van der Waals surface area (Å²) in [4.78, 5) is 19.0. The first-order chi connectivity index (χ1) is 9.70. The molecular weight excluding hydrogens is 252 g/mol. The van der Waals surface area contributed by atoms with Gasteiger partial charge < -0.3 is 10.1 Å². The quantitative estimate of drug-likeness (QED) is 0.715. The van der Waals surface area contributed by atoms with Crippen molar-refractivity contribution in [3.8, 4) is 0 Å². The van der Waals surface area contributed by atoms with E-state index in [1.807, 2.05) is 0 Å². The van der Waals surface area contributed by atoms with Gasteiger partial charge in [0, 0.05) is 18.5 Å². The summed E-state index contributed by atoms with van der Waals surface area (Å²) in [5, 5.41) is 9.08. The zero-order valence-electron chi connectivity index (χ0n) is 12.5. The van der Waals surface area contributed by atoms with E-state index in [-0.39, 0.29) is 5.92 Å². The van der Waals surface area contributed by atoms with Crippen molar-refractivity contribution >= 4 is 5.97 Å². The fourth-order valence-electron chi connectivity index (χ4n) is 2.94. The number of rotatable bonds is 8. The average Bonchev–Trinajstić information content (AvgIpc) is 2.84. The predicted octanol–water partition coefficient (Wildman–Crippen LogP) is 3.50. The van der Waals surface area contributed by atoms with E-state index in [2.05, 4.69) is 16.9 Å². The van der Waals surface area contributed by atoms with Crippen molar-refractivity contribution in [2.24, 2.45) is 5.92 Å². The minimum Gasteiger partial charge on any atom is -0.481 e. The van der Waals surface area contributed by atoms with Crippen LogP contribution in [-0.4, -0.2) is 21.0 Å². The van der Waals surface area contributed by atoms with E-state index in [0.717, 1.165) is 36.5 Å². The third-order valence-electron chi connectivity index (χ3n) is 4.21. The molecule has 0 bridgehead atoms. The number of aromatic amines is 1. The number of nitrogens with zero attached hydrogens (tertiary/aromatic N) is 1. The number of hydrogen-bond donors (Lipinski definition) is 2. The summed E-state index contributed by atoms with van der Waals surface area (Å²) in [6.07, 6.45) is 10.9. The Morgan fingerprint density at radius 1 is 1.30 bits per heavy atom. The van der Waals surface area contributed by atoms with Gasteiger partial charge in [-0.2, -0.15) is 0 Å². The molecule has 0 fully saturated rings. The van der Waals surface area contributed by atoms with Crippen molar-refractivity contribution < 1.29 is 9.90 Å². The molecule has 1 aromatic rings. The molecule has 4 nitrogen and oxygen atoms in total. The Hall–Kier alpha value is -1.32. The lowest BCUT2D eigenvalue weighted by molar-refractivity contribution is -0.142. The van der Waals surface area contributed by atoms with Gasteiger partial charge in [-0.15, -0.1) is 0 Å². The minimum atomic E-state index is -0.678. The maximum atomic E-state index is 11.0. The normalized spacial score (nSPS) is 17.9. The van der Waals surface area contributed by atoms with Crippen LogP contribution in [0.2, 0.25) is 0 Å². The number of aliphatic carboxylic acids is 1. The van der Waals surface area contributed by atoms with Crippen LogP contribution in [0.4, 0.5) is 0 Å². The third-order valence-corrected chi connectivity index (χ3v) is 4.21. The molecule has 1 aromatic heterocycles. The van der Waals surface area contributed by atoms with Gasteiger partial charge in [0.25, 0.3) is 0 Å². The summed E-state index contributed by atoms with van der Waals surface area (Å²) in [6.45, 7) is 2.23. The van der Waals surface area contributed by atoms with Crippen LogP contribution < -0.4 is 0 Å². The zero-order valence-corrected chi connectivity index (χ0v) is 12.5. The number of nitrogens with one attached hydrogen (secondary N) is 1. The van der Waals surface area contributed by atoms with E-state index in [1.54, 1.807) is 0 Å². The van der Waals surface area contributed by atoms with Crippen molar-refractivity contribution in [2.75, 3.05) is 0 Å². The molecule has 0 aliphatic heterocycles. The van der Waals surface area contributed by atoms with E-state index < -0.39 is 5.97 Å². The number of aryl methyl sites for hydroxylation is 2. The van der Waals surface area contributed by atoms with Gasteiger partial charge >= 0.3 is 5.97 Å². The smallest absolute Gasteiger partial charge is 0.306 e. The molecule has 0 saturated carbocycles. The van der Waals surface area contributed by atoms with E-state index in [9.17, 15) is 4.79 Å². The van der Waals surface area contributed by atoms with Crippen molar-refractivity contribution in [2.45, 2.75) is 71.1 Å². The summed E-state index contributed by atoms with van der Waals surface area (Å²) >= 11 is 0. The summed E-state index contributed by atoms with van der Waals surface area (Å²) in [5.41, 5.74) is 2.16. The molecule has 1 unspecified atom stereocenters. The zero-order chi connectivity index (χ0) is 14.4. The fourth-order valence-corrected chi connectivity index (χ4v) is 2.94. The maximum absolute atomic E-state index is 11.0. The fraction of sp³-hybridized carbons (Fsp3) is 0.750. The first-order valence-electron chi connectivity index (χ1n) is 8.00. The molecule has 0 spiro atoms. The van der Waals surface area contributed by atoms with Gasteiger partial charge in [0.15, 0.2) is 0 Å². The Kier molecular flexibility index (Phi) is 5.62. The molecule has 2 N–H and O–H groups in total. The molecule has 0 amide bonds. The first kappa shape index (κ1) is 15.1. The molecule has 4 heteroatoms. The second kappa shape index (κ2) is 7.46. The molecule has 112 valence electrons. The van der Waals surface area contributed by atoms with Gasteiger partial charge in [-0.1, -0.05) is 39.0 Å². The Morgan fingerprint density at radius 2 is 2.05 bits per heavy atom. The van der Waals surface area contributed by atoms with Crippen LogP contribution in [0.1, 0.15) is 69.1 Å². The molecular formula is C16H26N2O2. The molecule has 1 atom stereocenters. The summed E-state index contributed by atoms with van der Waals surface area (Å²) < 4.78 is 0. The first-order valence-corrected chi connectivity index (χ1v) is 8.00. The number of fused-ring (bicyclic) bond motifs is 1. The van der Waals surface area contributed by atoms with Crippen LogP contribution in [0.25, 0.3) is 0 Å². The van der Waals surface area contributed by atoms with E-state index in [4.69, 9.17) is 5.11 Å². The van der Waals surface area contributed by atoms with Crippen molar-refractivity contribution in [1.82, 2.24) is 9.97 Å². The molecule has 1 aliphatic rings. The molecule has 1 heterocycles. The van der Waals surface area contributed by atoms with Gasteiger partial charge in [0.05, 0.1) is 11.6 Å². The highest BCUT2D eigenvalue weighted by Gasteiger charge is 2.26. The van der Waals surface area contributed by atoms with E-state index in [0.29, 0.717) is 6.42 Å². The van der Waals surface area contributed by atoms with Crippen LogP contribution in [-0.2, 0) is 24.1 Å². The SMILES string of the molecule is CCCCCCCCc1nc2c([nH]1)CC(C(=O)O)CC2. The van der Waals surface area contributed by atoms with Crippen LogP contribution >= 0.6 is 0 Å². The third kappa shape index (κ3) is 4.09. The number of imidazole rings is 1. The highest BCUT2D eigenvalue weighted by Crippen LogP contribution is 2.24. The van der Waals surface area contributed by atoms with Gasteiger partial charge in [-0.3, -0.25) is 4.79 Å². The lowest BCUT2D eigenvalue weighted by atomic mass is 9.90. The van der Waals surface area contributed by atoms with Gasteiger partial charge in [0.2, 0.25) is 0 Å². The molecule has 2 rings (SSSR count). The number of carboxylic acid groups (broad SMARTS) is 1. The molecule has 0 aromatic carbocycles. The van der Waals surface area contributed by atoms with Crippen molar-refractivity contribution in [1.29, 1.82) is 0 Å². The number of carboxylic acids is 1. The summed E-state index contributed by atoms with van der Waals surface area (Å²) in [5.74, 6) is 0.143. The molecule has 1 aliphatic carbocycles. The van der Waals surface area contributed by atoms with Crippen LogP contribution in [0.3, 0.4) is 0 Å².